The third kappa shape index (κ3) is 3.73. The fraction of sp³-hybridized carbons (Fsp3) is 0.571. The van der Waals surface area contributed by atoms with Gasteiger partial charge in [0.25, 0.3) is 0 Å². The van der Waals surface area contributed by atoms with Crippen LogP contribution >= 0.6 is 11.8 Å². The Kier molecular flexibility index (Phi) is 4.89. The molecule has 1 heterocycles. The van der Waals surface area contributed by atoms with Crippen molar-refractivity contribution < 1.29 is 4.74 Å². The van der Waals surface area contributed by atoms with Crippen molar-refractivity contribution in [2.75, 3.05) is 20.3 Å². The van der Waals surface area contributed by atoms with Gasteiger partial charge in [0.1, 0.15) is 0 Å². The van der Waals surface area contributed by atoms with Crippen molar-refractivity contribution in [1.82, 2.24) is 5.32 Å². The van der Waals surface area contributed by atoms with Crippen LogP contribution in [0.1, 0.15) is 18.9 Å². The SMILES string of the molecule is COCCC(C)NCC1Cc2ccccc2S1. The molecule has 0 aromatic heterocycles. The zero-order valence-corrected chi connectivity index (χ0v) is 11.4. The molecule has 2 unspecified atom stereocenters. The lowest BCUT2D eigenvalue weighted by atomic mass is 10.1. The quantitative estimate of drug-likeness (QED) is 0.840. The van der Waals surface area contributed by atoms with E-state index < -0.39 is 0 Å². The fourth-order valence-corrected chi connectivity index (χ4v) is 3.36. The minimum atomic E-state index is 0.541. The maximum atomic E-state index is 5.09. The molecule has 0 saturated carbocycles. The maximum absolute atomic E-state index is 5.09. The summed E-state index contributed by atoms with van der Waals surface area (Å²) in [5.74, 6) is 0. The molecule has 0 amide bonds. The maximum Gasteiger partial charge on any atom is 0.0476 e. The van der Waals surface area contributed by atoms with Crippen LogP contribution in [-0.2, 0) is 11.2 Å². The molecule has 0 spiro atoms. The number of hydrogen-bond donors (Lipinski definition) is 1. The van der Waals surface area contributed by atoms with E-state index >= 15 is 0 Å². The van der Waals surface area contributed by atoms with E-state index in [2.05, 4.69) is 36.5 Å². The summed E-state index contributed by atoms with van der Waals surface area (Å²) in [6.45, 7) is 4.15. The number of benzene rings is 1. The second kappa shape index (κ2) is 6.43. The lowest BCUT2D eigenvalue weighted by molar-refractivity contribution is 0.185. The average molecular weight is 251 g/mol. The lowest BCUT2D eigenvalue weighted by Gasteiger charge is -2.16. The average Bonchev–Trinajstić information content (AvgIpc) is 2.76. The molecule has 0 bridgehead atoms. The van der Waals surface area contributed by atoms with Crippen molar-refractivity contribution in [2.24, 2.45) is 0 Å². The molecule has 1 aliphatic rings. The highest BCUT2D eigenvalue weighted by molar-refractivity contribution is 8.00. The Morgan fingerprint density at radius 3 is 3.06 bits per heavy atom. The van der Waals surface area contributed by atoms with Gasteiger partial charge in [-0.3, -0.25) is 0 Å². The van der Waals surface area contributed by atoms with Crippen LogP contribution in [-0.4, -0.2) is 31.6 Å². The van der Waals surface area contributed by atoms with E-state index in [1.807, 2.05) is 11.8 Å². The Hall–Kier alpha value is -0.510. The van der Waals surface area contributed by atoms with E-state index in [1.54, 1.807) is 7.11 Å². The second-order valence-electron chi connectivity index (χ2n) is 4.64. The number of thioether (sulfide) groups is 1. The highest BCUT2D eigenvalue weighted by Gasteiger charge is 2.21. The zero-order chi connectivity index (χ0) is 12.1. The third-order valence-electron chi connectivity index (χ3n) is 3.16. The molecule has 2 atom stereocenters. The van der Waals surface area contributed by atoms with Gasteiger partial charge in [0.15, 0.2) is 0 Å². The first-order valence-electron chi connectivity index (χ1n) is 6.26. The molecule has 1 aliphatic heterocycles. The van der Waals surface area contributed by atoms with Gasteiger partial charge in [0, 0.05) is 36.4 Å². The molecule has 94 valence electrons. The predicted octanol–water partition coefficient (Wildman–Crippen LogP) is 2.72. The Bertz CT molecular complexity index is 331. The van der Waals surface area contributed by atoms with Crippen molar-refractivity contribution in [3.8, 4) is 0 Å². The van der Waals surface area contributed by atoms with Gasteiger partial charge in [0.2, 0.25) is 0 Å². The summed E-state index contributed by atoms with van der Waals surface area (Å²) in [6, 6.07) is 9.28. The van der Waals surface area contributed by atoms with E-state index in [0.29, 0.717) is 11.3 Å². The second-order valence-corrected chi connectivity index (χ2v) is 5.98. The van der Waals surface area contributed by atoms with Crippen LogP contribution in [0.15, 0.2) is 29.2 Å². The molecule has 1 aromatic carbocycles. The van der Waals surface area contributed by atoms with Gasteiger partial charge in [-0.25, -0.2) is 0 Å². The summed E-state index contributed by atoms with van der Waals surface area (Å²) < 4.78 is 5.09. The molecule has 0 fully saturated rings. The lowest BCUT2D eigenvalue weighted by Crippen LogP contribution is -2.33. The normalized spacial score (nSPS) is 20.2. The Morgan fingerprint density at radius 1 is 1.47 bits per heavy atom. The van der Waals surface area contributed by atoms with Crippen molar-refractivity contribution >= 4 is 11.8 Å². The first kappa shape index (κ1) is 12.9. The summed E-state index contributed by atoms with van der Waals surface area (Å²) in [5, 5.41) is 4.29. The van der Waals surface area contributed by atoms with E-state index in [4.69, 9.17) is 4.74 Å². The van der Waals surface area contributed by atoms with Gasteiger partial charge in [-0.05, 0) is 31.4 Å². The van der Waals surface area contributed by atoms with Gasteiger partial charge >= 0.3 is 0 Å². The number of methoxy groups -OCH3 is 1. The topological polar surface area (TPSA) is 21.3 Å². The van der Waals surface area contributed by atoms with Gasteiger partial charge in [-0.2, -0.15) is 0 Å². The van der Waals surface area contributed by atoms with E-state index in [9.17, 15) is 0 Å². The standard InChI is InChI=1S/C14H21NOS/c1-11(7-8-16-2)15-10-13-9-12-5-3-4-6-14(12)17-13/h3-6,11,13,15H,7-10H2,1-2H3. The fourth-order valence-electron chi connectivity index (χ4n) is 2.10. The van der Waals surface area contributed by atoms with Gasteiger partial charge in [0.05, 0.1) is 0 Å². The predicted molar refractivity (Wildman–Crippen MR) is 73.7 cm³/mol. The van der Waals surface area contributed by atoms with Crippen LogP contribution < -0.4 is 5.32 Å². The van der Waals surface area contributed by atoms with Crippen molar-refractivity contribution in [3.63, 3.8) is 0 Å². The minimum absolute atomic E-state index is 0.541. The van der Waals surface area contributed by atoms with Crippen LogP contribution in [0, 0.1) is 0 Å². The number of hydrogen-bond acceptors (Lipinski definition) is 3. The first-order chi connectivity index (χ1) is 8.29. The van der Waals surface area contributed by atoms with E-state index in [-0.39, 0.29) is 0 Å². The molecule has 0 saturated heterocycles. The number of ether oxygens (including phenoxy) is 1. The smallest absolute Gasteiger partial charge is 0.0476 e. The molecule has 1 aromatic rings. The van der Waals surface area contributed by atoms with Gasteiger partial charge in [-0.1, -0.05) is 18.2 Å². The van der Waals surface area contributed by atoms with E-state index in [1.165, 1.54) is 16.9 Å². The Labute approximate surface area is 108 Å². The molecular weight excluding hydrogens is 230 g/mol. The summed E-state index contributed by atoms with van der Waals surface area (Å²) >= 11 is 2.01. The summed E-state index contributed by atoms with van der Waals surface area (Å²) in [4.78, 5) is 1.46. The van der Waals surface area contributed by atoms with Crippen LogP contribution in [0.4, 0.5) is 0 Å². The van der Waals surface area contributed by atoms with Crippen molar-refractivity contribution in [2.45, 2.75) is 36.0 Å². The molecule has 3 heteroatoms. The highest BCUT2D eigenvalue weighted by atomic mass is 32.2. The van der Waals surface area contributed by atoms with Crippen LogP contribution in [0.5, 0.6) is 0 Å². The molecule has 0 radical (unpaired) electrons. The summed E-state index contributed by atoms with van der Waals surface area (Å²) in [5.41, 5.74) is 1.51. The van der Waals surface area contributed by atoms with Crippen molar-refractivity contribution in [1.29, 1.82) is 0 Å². The van der Waals surface area contributed by atoms with Crippen LogP contribution in [0.3, 0.4) is 0 Å². The molecule has 2 nitrogen and oxygen atoms in total. The van der Waals surface area contributed by atoms with Crippen LogP contribution in [0.2, 0.25) is 0 Å². The number of fused-ring (bicyclic) bond motifs is 1. The molecule has 2 rings (SSSR count). The first-order valence-corrected chi connectivity index (χ1v) is 7.14. The summed E-state index contributed by atoms with van der Waals surface area (Å²) in [7, 11) is 1.76. The highest BCUT2D eigenvalue weighted by Crippen LogP contribution is 2.36. The molecule has 17 heavy (non-hydrogen) atoms. The van der Waals surface area contributed by atoms with Gasteiger partial charge in [-0.15, -0.1) is 11.8 Å². The largest absolute Gasteiger partial charge is 0.385 e. The monoisotopic (exact) mass is 251 g/mol. The van der Waals surface area contributed by atoms with Crippen LogP contribution in [0.25, 0.3) is 0 Å². The van der Waals surface area contributed by atoms with Gasteiger partial charge < -0.3 is 10.1 Å². The Balaban J connectivity index is 1.73. The number of nitrogens with one attached hydrogen (secondary N) is 1. The third-order valence-corrected chi connectivity index (χ3v) is 4.48. The minimum Gasteiger partial charge on any atom is -0.385 e. The van der Waals surface area contributed by atoms with E-state index in [0.717, 1.165) is 19.6 Å². The summed E-state index contributed by atoms with van der Waals surface area (Å²) in [6.07, 6.45) is 2.28. The number of rotatable bonds is 6. The Morgan fingerprint density at radius 2 is 2.29 bits per heavy atom. The van der Waals surface area contributed by atoms with Crippen molar-refractivity contribution in [3.05, 3.63) is 29.8 Å². The molecule has 1 N–H and O–H groups in total. The zero-order valence-electron chi connectivity index (χ0n) is 10.6. The molecule has 0 aliphatic carbocycles. The molecular formula is C14H21NOS.